The highest BCUT2D eigenvalue weighted by Gasteiger charge is 2.26. The summed E-state index contributed by atoms with van der Waals surface area (Å²) in [6, 6.07) is 13.9. The zero-order valence-corrected chi connectivity index (χ0v) is 25.7. The molecule has 12 nitrogen and oxygen atoms in total. The molecule has 0 saturated heterocycles. The van der Waals surface area contributed by atoms with E-state index >= 15 is 8.78 Å². The summed E-state index contributed by atoms with van der Waals surface area (Å²) in [6.07, 6.45) is 2.20. The highest BCUT2D eigenvalue weighted by molar-refractivity contribution is 6.02. The minimum Gasteiger partial charge on any atom is -0.465 e. The van der Waals surface area contributed by atoms with Crippen LogP contribution in [0.3, 0.4) is 0 Å². The molecule has 1 saturated carbocycles. The number of hydrogen-bond donors (Lipinski definition) is 1. The van der Waals surface area contributed by atoms with Gasteiger partial charge in [0.1, 0.15) is 17.7 Å². The van der Waals surface area contributed by atoms with Gasteiger partial charge in [-0.2, -0.15) is 10.2 Å². The fourth-order valence-corrected chi connectivity index (χ4v) is 5.76. The van der Waals surface area contributed by atoms with Crippen LogP contribution in [0.1, 0.15) is 61.9 Å². The first-order chi connectivity index (χ1) is 22.8. The van der Waals surface area contributed by atoms with Gasteiger partial charge in [0.25, 0.3) is 6.01 Å². The number of aromatic amines is 1. The maximum atomic E-state index is 15.7. The molecule has 2 aromatic heterocycles. The van der Waals surface area contributed by atoms with Crippen LogP contribution in [-0.4, -0.2) is 61.3 Å². The number of halogens is 2. The van der Waals surface area contributed by atoms with E-state index in [4.69, 9.17) is 18.9 Å². The Morgan fingerprint density at radius 3 is 2.45 bits per heavy atom. The van der Waals surface area contributed by atoms with E-state index in [1.54, 1.807) is 47.9 Å². The number of nitrogens with zero attached hydrogens (tertiary/aromatic N) is 5. The third-order valence-corrected chi connectivity index (χ3v) is 7.80. The molecule has 2 heterocycles. The van der Waals surface area contributed by atoms with Crippen LogP contribution < -0.4 is 4.74 Å². The zero-order valence-electron chi connectivity index (χ0n) is 25.7. The molecule has 0 spiro atoms. The van der Waals surface area contributed by atoms with Crippen LogP contribution in [0.5, 0.6) is 6.01 Å². The summed E-state index contributed by atoms with van der Waals surface area (Å²) in [4.78, 5) is 30.2. The number of ether oxygens (including phenoxy) is 4. The van der Waals surface area contributed by atoms with Gasteiger partial charge in [-0.05, 0) is 73.2 Å². The average molecular weight is 647 g/mol. The van der Waals surface area contributed by atoms with E-state index in [0.717, 1.165) is 32.1 Å². The van der Waals surface area contributed by atoms with Gasteiger partial charge >= 0.3 is 12.1 Å². The van der Waals surface area contributed by atoms with Crippen LogP contribution in [0, 0.1) is 11.6 Å². The summed E-state index contributed by atoms with van der Waals surface area (Å²) in [5.41, 5.74) is 1.42. The maximum Gasteiger partial charge on any atom is 0.511 e. The third kappa shape index (κ3) is 6.90. The predicted octanol–water partition coefficient (Wildman–Crippen LogP) is 6.60. The van der Waals surface area contributed by atoms with E-state index in [0.29, 0.717) is 16.6 Å². The molecular weight excluding hydrogens is 614 g/mol. The second-order valence-corrected chi connectivity index (χ2v) is 11.0. The molecule has 6 rings (SSSR count). The standard InChI is InChI=1S/C33H32F2N6O6/c1-3-44-32-36-27-15-9-14-24(31(42)45-19(2)46-33(43)47-21-10-5-4-6-11-21)29(27)41(32)18-20-16-25(34)28(26(35)17-20)22-12-7-8-13-23(22)30-37-39-40-38-30/h7-9,12-17,19,21H,3-6,10-11,18H2,1-2H3,(H,37,38,39,40). The molecule has 1 atom stereocenters. The summed E-state index contributed by atoms with van der Waals surface area (Å²) >= 11 is 0. The number of benzene rings is 3. The molecule has 0 radical (unpaired) electrons. The Morgan fingerprint density at radius 2 is 1.74 bits per heavy atom. The van der Waals surface area contributed by atoms with Gasteiger partial charge in [-0.15, -0.1) is 10.2 Å². The first-order valence-corrected chi connectivity index (χ1v) is 15.3. The second kappa shape index (κ2) is 13.9. The molecular formula is C33H32F2N6O6. The Morgan fingerprint density at radius 1 is 1.00 bits per heavy atom. The number of esters is 1. The van der Waals surface area contributed by atoms with Crippen molar-refractivity contribution in [3.05, 3.63) is 77.4 Å². The Labute approximate surface area is 268 Å². The number of tetrazole rings is 1. The molecule has 1 aliphatic rings. The Balaban J connectivity index is 1.28. The number of carbonyl (C=O) groups is 2. The van der Waals surface area contributed by atoms with Gasteiger partial charge in [-0.25, -0.2) is 18.4 Å². The highest BCUT2D eigenvalue weighted by atomic mass is 19.1. The van der Waals surface area contributed by atoms with Crippen LogP contribution in [0.25, 0.3) is 33.5 Å². The van der Waals surface area contributed by atoms with E-state index in [9.17, 15) is 9.59 Å². The van der Waals surface area contributed by atoms with Crippen molar-refractivity contribution in [2.24, 2.45) is 0 Å². The summed E-state index contributed by atoms with van der Waals surface area (Å²) in [5, 5.41) is 13.8. The SMILES string of the molecule is CCOc1nc2cccc(C(=O)OC(C)OC(=O)OC3CCCCC3)c2n1Cc1cc(F)c(-c2ccccc2-c2nn[nH]n2)c(F)c1. The van der Waals surface area contributed by atoms with Gasteiger partial charge in [-0.1, -0.05) is 36.8 Å². The first kappa shape index (κ1) is 31.6. The molecule has 244 valence electrons. The normalized spacial score (nSPS) is 14.1. The molecule has 0 amide bonds. The topological polar surface area (TPSA) is 143 Å². The number of hydrogen-bond acceptors (Lipinski definition) is 10. The lowest BCUT2D eigenvalue weighted by atomic mass is 9.97. The van der Waals surface area contributed by atoms with Gasteiger partial charge in [0.2, 0.25) is 12.1 Å². The summed E-state index contributed by atoms with van der Waals surface area (Å²) in [7, 11) is 0. The molecule has 5 aromatic rings. The lowest BCUT2D eigenvalue weighted by Gasteiger charge is -2.22. The first-order valence-electron chi connectivity index (χ1n) is 15.3. The third-order valence-electron chi connectivity index (χ3n) is 7.80. The summed E-state index contributed by atoms with van der Waals surface area (Å²) in [5.74, 6) is -2.24. The molecule has 3 aromatic carbocycles. The van der Waals surface area contributed by atoms with Gasteiger partial charge in [0.15, 0.2) is 0 Å². The van der Waals surface area contributed by atoms with Crippen molar-refractivity contribution in [1.29, 1.82) is 0 Å². The van der Waals surface area contributed by atoms with E-state index in [1.165, 1.54) is 25.1 Å². The fourth-order valence-electron chi connectivity index (χ4n) is 5.76. The second-order valence-electron chi connectivity index (χ2n) is 11.0. The van der Waals surface area contributed by atoms with Crippen molar-refractivity contribution in [2.45, 2.75) is 64.9 Å². The maximum absolute atomic E-state index is 15.7. The van der Waals surface area contributed by atoms with E-state index in [2.05, 4.69) is 25.6 Å². The molecule has 0 aliphatic heterocycles. The fraction of sp³-hybridized carbons (Fsp3) is 0.333. The van der Waals surface area contributed by atoms with Crippen molar-refractivity contribution in [3.8, 4) is 28.5 Å². The number of para-hydroxylation sites is 1. The average Bonchev–Trinajstić information content (AvgIpc) is 3.70. The Kier molecular flexibility index (Phi) is 9.36. The zero-order chi connectivity index (χ0) is 32.9. The molecule has 47 heavy (non-hydrogen) atoms. The summed E-state index contributed by atoms with van der Waals surface area (Å²) in [6.45, 7) is 3.31. The van der Waals surface area contributed by atoms with Crippen LogP contribution in [0.15, 0.2) is 54.6 Å². The highest BCUT2D eigenvalue weighted by Crippen LogP contribution is 2.35. The van der Waals surface area contributed by atoms with Gasteiger partial charge < -0.3 is 18.9 Å². The minimum atomic E-state index is -1.25. The van der Waals surface area contributed by atoms with Crippen LogP contribution in [-0.2, 0) is 20.8 Å². The van der Waals surface area contributed by atoms with Gasteiger partial charge in [0, 0.05) is 12.5 Å². The van der Waals surface area contributed by atoms with Crippen molar-refractivity contribution >= 4 is 23.2 Å². The van der Waals surface area contributed by atoms with Crippen molar-refractivity contribution in [3.63, 3.8) is 0 Å². The molecule has 1 fully saturated rings. The van der Waals surface area contributed by atoms with Crippen LogP contribution in [0.2, 0.25) is 0 Å². The van der Waals surface area contributed by atoms with E-state index in [1.807, 2.05) is 0 Å². The van der Waals surface area contributed by atoms with Gasteiger partial charge in [-0.3, -0.25) is 4.57 Å². The van der Waals surface area contributed by atoms with Crippen LogP contribution >= 0.6 is 0 Å². The number of nitrogens with one attached hydrogen (secondary N) is 1. The quantitative estimate of drug-likeness (QED) is 0.130. The number of imidazole rings is 1. The smallest absolute Gasteiger partial charge is 0.465 e. The number of rotatable bonds is 10. The molecule has 1 aliphatic carbocycles. The monoisotopic (exact) mass is 646 g/mol. The lowest BCUT2D eigenvalue weighted by molar-refractivity contribution is -0.0914. The van der Waals surface area contributed by atoms with Crippen LogP contribution in [0.4, 0.5) is 13.6 Å². The lowest BCUT2D eigenvalue weighted by Crippen LogP contribution is -2.26. The van der Waals surface area contributed by atoms with Crippen molar-refractivity contribution < 1.29 is 37.3 Å². The summed E-state index contributed by atoms with van der Waals surface area (Å²) < 4.78 is 54.7. The molecule has 1 N–H and O–H groups in total. The molecule has 1 unspecified atom stereocenters. The minimum absolute atomic E-state index is 0.0867. The molecule has 0 bridgehead atoms. The van der Waals surface area contributed by atoms with Crippen molar-refractivity contribution in [1.82, 2.24) is 30.2 Å². The van der Waals surface area contributed by atoms with E-state index < -0.39 is 30.0 Å². The molecule has 14 heteroatoms. The number of carbonyl (C=O) groups excluding carboxylic acids is 2. The predicted molar refractivity (Wildman–Crippen MR) is 164 cm³/mol. The van der Waals surface area contributed by atoms with Crippen molar-refractivity contribution in [2.75, 3.05) is 6.61 Å². The Bertz CT molecular complexity index is 1870. The number of aromatic nitrogens is 6. The largest absolute Gasteiger partial charge is 0.511 e. The number of H-pyrrole nitrogens is 1. The Hall–Kier alpha value is -5.40. The van der Waals surface area contributed by atoms with Gasteiger partial charge in [0.05, 0.1) is 35.3 Å². The van der Waals surface area contributed by atoms with E-state index in [-0.39, 0.29) is 53.3 Å². The number of fused-ring (bicyclic) bond motifs is 1.